The van der Waals surface area contributed by atoms with Crippen LogP contribution in [0.25, 0.3) is 276 Å². The Morgan fingerprint density at radius 1 is 0.120 bits per heavy atom. The summed E-state index contributed by atoms with van der Waals surface area (Å²) in [6.07, 6.45) is 0. The Kier molecular flexibility index (Phi) is 20.7. The Bertz CT molecular complexity index is 10700. The fourth-order valence-corrected chi connectivity index (χ4v) is 23.0. The van der Waals surface area contributed by atoms with E-state index in [2.05, 4.69) is 543 Å². The second kappa shape index (κ2) is 35.9. The fraction of sp³-hybridized carbons (Fsp3) is 0. The number of aromatic nitrogens is 11. The molecule has 31 rings (SSSR count). The molecule has 700 valence electrons. The van der Waals surface area contributed by atoms with Crippen LogP contribution in [0.5, 0.6) is 0 Å². The molecule has 150 heavy (non-hydrogen) atoms. The van der Waals surface area contributed by atoms with Crippen LogP contribution in [0.15, 0.2) is 540 Å². The van der Waals surface area contributed by atoms with E-state index in [0.29, 0.717) is 23.5 Å². The second-order valence-electron chi connectivity index (χ2n) is 38.6. The molecule has 0 N–H and O–H groups in total. The van der Waals surface area contributed by atoms with Gasteiger partial charge in [0.15, 0.2) is 11.6 Å². The quantitative estimate of drug-likeness (QED) is 0.115. The summed E-state index contributed by atoms with van der Waals surface area (Å²) in [6.45, 7) is 0. The maximum absolute atomic E-state index is 5.40. The summed E-state index contributed by atoms with van der Waals surface area (Å²) in [7, 11) is 0. The summed E-state index contributed by atoms with van der Waals surface area (Å²) >= 11 is 0. The SMILES string of the molecule is c1ccc(-c2ccc(-n3c4ccccc4c4cc(-c5ccc6c(c5)c5ccccc5n6-c5cccc(-c6ccccc6)c5)ccc43)cc2)cc1.c1ccc(-c2cccc(-c3nc(-c4ccccc4)nc(-n4c5ccccc5c5cc6c7ccccc7n(-c7ccccc7)c6cc54)n3)c2)cc1.c1ccc2cc(-c3nc(-n4c5ccc(-n6c7ccccc7c7ccccc76)cc5c5cc6ccccc6cc54)nc4ccccc34)ccc2c1. The van der Waals surface area contributed by atoms with Gasteiger partial charge in [-0.1, -0.05) is 382 Å². The number of nitrogens with zero attached hydrogens (tertiary/aromatic N) is 11. The van der Waals surface area contributed by atoms with Gasteiger partial charge in [0.2, 0.25) is 11.9 Å². The number of hydrogen-bond acceptors (Lipinski definition) is 5. The van der Waals surface area contributed by atoms with E-state index in [1.807, 2.05) is 24.3 Å². The molecule has 11 heteroatoms. The molecular weight excluding hydrogens is 1820 g/mol. The predicted octanol–water partition coefficient (Wildman–Crippen LogP) is 35.7. The molecule has 0 saturated carbocycles. The highest BCUT2D eigenvalue weighted by Crippen LogP contribution is 2.46. The van der Waals surface area contributed by atoms with Gasteiger partial charge in [0, 0.05) is 109 Å². The van der Waals surface area contributed by atoms with Crippen molar-refractivity contribution in [2.24, 2.45) is 0 Å². The zero-order chi connectivity index (χ0) is 98.8. The number of benzene rings is 23. The molecule has 8 aromatic heterocycles. The molecule has 0 aliphatic rings. The highest BCUT2D eigenvalue weighted by Gasteiger charge is 2.27. The van der Waals surface area contributed by atoms with Crippen molar-refractivity contribution in [2.75, 3.05) is 0 Å². The maximum Gasteiger partial charge on any atom is 0.238 e. The van der Waals surface area contributed by atoms with Crippen LogP contribution in [-0.2, 0) is 0 Å². The Morgan fingerprint density at radius 2 is 0.427 bits per heavy atom. The van der Waals surface area contributed by atoms with Crippen LogP contribution in [0.1, 0.15) is 0 Å². The predicted molar refractivity (Wildman–Crippen MR) is 625 cm³/mol. The summed E-state index contributed by atoms with van der Waals surface area (Å²) in [5.74, 6) is 2.48. The lowest BCUT2D eigenvalue weighted by Gasteiger charge is -2.13. The van der Waals surface area contributed by atoms with Crippen molar-refractivity contribution in [1.82, 2.24) is 52.3 Å². The minimum atomic E-state index is 0.576. The van der Waals surface area contributed by atoms with Crippen molar-refractivity contribution < 1.29 is 0 Å². The molecule has 0 saturated heterocycles. The third-order valence-corrected chi connectivity index (χ3v) is 30.0. The molecule has 11 nitrogen and oxygen atoms in total. The van der Waals surface area contributed by atoms with Gasteiger partial charge in [-0.3, -0.25) is 9.13 Å². The average molecular weight is 1910 g/mol. The Balaban J connectivity index is 0.000000106. The maximum atomic E-state index is 5.40. The van der Waals surface area contributed by atoms with Gasteiger partial charge in [0.25, 0.3) is 0 Å². The summed E-state index contributed by atoms with van der Waals surface area (Å²) in [6, 6.07) is 193. The molecule has 0 fully saturated rings. The van der Waals surface area contributed by atoms with Crippen molar-refractivity contribution in [2.45, 2.75) is 0 Å². The largest absolute Gasteiger partial charge is 0.309 e. The summed E-state index contributed by atoms with van der Waals surface area (Å²) < 4.78 is 14.0. The molecule has 0 spiro atoms. The van der Waals surface area contributed by atoms with E-state index in [0.717, 1.165) is 111 Å². The molecule has 0 aliphatic heterocycles. The molecule has 0 aliphatic carbocycles. The van der Waals surface area contributed by atoms with Crippen LogP contribution in [0.3, 0.4) is 0 Å². The molecule has 31 aromatic rings. The van der Waals surface area contributed by atoms with E-state index in [1.54, 1.807) is 0 Å². The van der Waals surface area contributed by atoms with Gasteiger partial charge in [0.1, 0.15) is 0 Å². The average Bonchev–Trinajstić information content (AvgIpc) is 1.53. The van der Waals surface area contributed by atoms with Crippen LogP contribution in [0, 0.1) is 0 Å². The first-order valence-electron chi connectivity index (χ1n) is 51.0. The molecule has 0 amide bonds. The highest BCUT2D eigenvalue weighted by atomic mass is 15.2. The topological polar surface area (TPSA) is 94.0 Å². The zero-order valence-electron chi connectivity index (χ0n) is 81.3. The van der Waals surface area contributed by atoms with Gasteiger partial charge in [-0.25, -0.2) is 15.0 Å². The minimum Gasteiger partial charge on any atom is -0.309 e. The molecule has 0 bridgehead atoms. The van der Waals surface area contributed by atoms with Crippen molar-refractivity contribution in [1.29, 1.82) is 0 Å². The third kappa shape index (κ3) is 14.8. The molecular formula is C139H89N11. The first-order chi connectivity index (χ1) is 74.4. The summed E-state index contributed by atoms with van der Waals surface area (Å²) in [5.41, 5.74) is 32.7. The number of fused-ring (bicyclic) bond motifs is 21. The van der Waals surface area contributed by atoms with Crippen molar-refractivity contribution in [3.05, 3.63) is 540 Å². The highest BCUT2D eigenvalue weighted by molar-refractivity contribution is 6.21. The summed E-state index contributed by atoms with van der Waals surface area (Å²) in [4.78, 5) is 26.2. The van der Waals surface area contributed by atoms with Gasteiger partial charge in [-0.05, 0) is 224 Å². The summed E-state index contributed by atoms with van der Waals surface area (Å²) in [5, 5.41) is 20.4. The molecule has 0 radical (unpaired) electrons. The molecule has 0 atom stereocenters. The van der Waals surface area contributed by atoms with Gasteiger partial charge >= 0.3 is 0 Å². The van der Waals surface area contributed by atoms with Gasteiger partial charge in [-0.2, -0.15) is 9.97 Å². The van der Waals surface area contributed by atoms with Crippen molar-refractivity contribution >= 4 is 163 Å². The Labute approximate surface area is 862 Å². The van der Waals surface area contributed by atoms with Crippen molar-refractivity contribution in [3.63, 3.8) is 0 Å². The van der Waals surface area contributed by atoms with Crippen LogP contribution in [0.4, 0.5) is 0 Å². The Hall–Kier alpha value is -20.3. The molecule has 23 aromatic carbocycles. The van der Waals surface area contributed by atoms with E-state index in [-0.39, 0.29) is 0 Å². The van der Waals surface area contributed by atoms with E-state index >= 15 is 0 Å². The Morgan fingerprint density at radius 3 is 0.980 bits per heavy atom. The van der Waals surface area contributed by atoms with E-state index in [9.17, 15) is 0 Å². The van der Waals surface area contributed by atoms with Crippen LogP contribution < -0.4 is 0 Å². The lowest BCUT2D eigenvalue weighted by molar-refractivity contribution is 0.953. The lowest BCUT2D eigenvalue weighted by atomic mass is 10.0. The molecule has 0 unspecified atom stereocenters. The standard InChI is InChI=1S/C48H32N2.C46H28N4.C45H29N5/c1-3-12-33(13-4-1)35-22-26-39(27-23-35)49-45-20-9-7-18-41(45)43-31-37(24-28-47(43)49)38-25-29-48-44(32-38)42-19-8-10-21-46(42)50(48)40-17-11-16-36(30-40)34-14-5-2-6-15-34;1-2-12-30-25-33(22-21-29(30)11-1)45-37-17-5-8-18-40(37)47-46(48-45)50-43-24-23-34(28-39(43)38-26-31-13-3-4-14-32(31)27-44(38)50)49-41-19-9-6-15-35(41)36-16-7-10-20-42(36)49;1-4-15-30(16-5-1)32-19-14-20-33(27-32)44-46-43(31-17-6-2-7-18-31)47-45(48-44)50-40-26-13-11-24-36(40)38-28-37-35-23-10-12-25-39(35)49(41(37)29-42(38)50)34-21-8-3-9-22-34/h1-32H;1-28H;1-29H. The first kappa shape index (κ1) is 86.4. The van der Waals surface area contributed by atoms with E-state index in [4.69, 9.17) is 24.9 Å². The smallest absolute Gasteiger partial charge is 0.238 e. The fourth-order valence-electron chi connectivity index (χ4n) is 23.0. The second-order valence-corrected chi connectivity index (χ2v) is 38.6. The lowest BCUT2D eigenvalue weighted by Crippen LogP contribution is -2.06. The number of rotatable bonds is 13. The van der Waals surface area contributed by atoms with Crippen LogP contribution in [-0.4, -0.2) is 52.3 Å². The number of para-hydroxylation sites is 8. The number of hydrogen-bond donors (Lipinski definition) is 0. The van der Waals surface area contributed by atoms with Gasteiger partial charge in [0.05, 0.1) is 77.4 Å². The van der Waals surface area contributed by atoms with Crippen LogP contribution >= 0.6 is 0 Å². The van der Waals surface area contributed by atoms with E-state index in [1.165, 1.54) is 142 Å². The van der Waals surface area contributed by atoms with Gasteiger partial charge in [-0.15, -0.1) is 0 Å². The van der Waals surface area contributed by atoms with E-state index < -0.39 is 0 Å². The molecule has 8 heterocycles. The minimum absolute atomic E-state index is 0.576. The third-order valence-electron chi connectivity index (χ3n) is 30.0. The zero-order valence-corrected chi connectivity index (χ0v) is 81.3. The van der Waals surface area contributed by atoms with Crippen molar-refractivity contribution in [3.8, 4) is 113 Å². The normalized spacial score (nSPS) is 11.7. The van der Waals surface area contributed by atoms with Crippen LogP contribution in [0.2, 0.25) is 0 Å². The van der Waals surface area contributed by atoms with Gasteiger partial charge < -0.3 is 18.3 Å². The monoisotopic (exact) mass is 1910 g/mol. The first-order valence-corrected chi connectivity index (χ1v) is 51.0.